The molecule has 1 aromatic heterocycles. The summed E-state index contributed by atoms with van der Waals surface area (Å²) in [5.41, 5.74) is 2.21. The summed E-state index contributed by atoms with van der Waals surface area (Å²) in [4.78, 5) is 11.0. The molecule has 0 radical (unpaired) electrons. The van der Waals surface area contributed by atoms with E-state index in [4.69, 9.17) is 0 Å². The lowest BCUT2D eigenvalue weighted by atomic mass is 10.3. The number of thioether (sulfide) groups is 1. The molecule has 1 N–H and O–H groups in total. The van der Waals surface area contributed by atoms with Crippen molar-refractivity contribution < 1.29 is 0 Å². The first-order valence-corrected chi connectivity index (χ1v) is 4.29. The highest BCUT2D eigenvalue weighted by molar-refractivity contribution is 7.98. The molecule has 0 saturated heterocycles. The molecule has 3 nitrogen and oxygen atoms in total. The van der Waals surface area contributed by atoms with E-state index in [1.54, 1.807) is 11.8 Å². The fourth-order valence-corrected chi connectivity index (χ4v) is 2.37. The van der Waals surface area contributed by atoms with Crippen LogP contribution >= 0.6 is 11.8 Å². The van der Waals surface area contributed by atoms with Crippen molar-refractivity contribution in [3.8, 4) is 0 Å². The molecular formula is C6H8N2OS. The highest BCUT2D eigenvalue weighted by atomic mass is 32.2. The first kappa shape index (κ1) is 6.09. The maximum Gasteiger partial charge on any atom is 0.268 e. The van der Waals surface area contributed by atoms with E-state index in [0.29, 0.717) is 0 Å². The van der Waals surface area contributed by atoms with Gasteiger partial charge in [0.25, 0.3) is 5.56 Å². The smallest absolute Gasteiger partial charge is 0.268 e. The lowest BCUT2D eigenvalue weighted by molar-refractivity contribution is 0.728. The fourth-order valence-electron chi connectivity index (χ4n) is 1.20. The molecule has 0 spiro atoms. The third kappa shape index (κ3) is 0.653. The van der Waals surface area contributed by atoms with Crippen LogP contribution in [0.1, 0.15) is 11.3 Å². The third-order valence-corrected chi connectivity index (χ3v) is 2.75. The summed E-state index contributed by atoms with van der Waals surface area (Å²) < 4.78 is 1.82. The number of nitrogens with zero attached hydrogens (tertiary/aromatic N) is 1. The Morgan fingerprint density at radius 1 is 1.60 bits per heavy atom. The number of hydrogen-bond donors (Lipinski definition) is 1. The average Bonchev–Trinajstić information content (AvgIpc) is 2.39. The first-order valence-electron chi connectivity index (χ1n) is 3.13. The lowest BCUT2D eigenvalue weighted by Crippen LogP contribution is -2.05. The lowest BCUT2D eigenvalue weighted by Gasteiger charge is -1.93. The topological polar surface area (TPSA) is 37.8 Å². The van der Waals surface area contributed by atoms with Crippen LogP contribution in [-0.4, -0.2) is 9.78 Å². The van der Waals surface area contributed by atoms with Gasteiger partial charge >= 0.3 is 0 Å². The van der Waals surface area contributed by atoms with Crippen LogP contribution in [0.15, 0.2) is 4.79 Å². The Bertz CT molecular complexity index is 312. The Morgan fingerprint density at radius 2 is 2.40 bits per heavy atom. The number of aromatic nitrogens is 2. The van der Waals surface area contributed by atoms with Gasteiger partial charge in [0.1, 0.15) is 0 Å². The van der Waals surface area contributed by atoms with Crippen molar-refractivity contribution in [1.82, 2.24) is 9.78 Å². The van der Waals surface area contributed by atoms with Gasteiger partial charge in [-0.1, -0.05) is 0 Å². The van der Waals surface area contributed by atoms with Crippen molar-refractivity contribution in [2.24, 2.45) is 7.05 Å². The molecule has 4 heteroatoms. The zero-order valence-electron chi connectivity index (χ0n) is 5.68. The van der Waals surface area contributed by atoms with E-state index in [2.05, 4.69) is 5.10 Å². The number of hydrogen-bond acceptors (Lipinski definition) is 2. The van der Waals surface area contributed by atoms with Crippen molar-refractivity contribution in [2.45, 2.75) is 11.5 Å². The van der Waals surface area contributed by atoms with Gasteiger partial charge in [-0.2, -0.15) is 11.8 Å². The highest BCUT2D eigenvalue weighted by Gasteiger charge is 2.18. The number of aryl methyl sites for hydroxylation is 1. The summed E-state index contributed by atoms with van der Waals surface area (Å²) in [6, 6.07) is 0. The van der Waals surface area contributed by atoms with E-state index in [1.807, 2.05) is 11.7 Å². The third-order valence-electron chi connectivity index (χ3n) is 1.78. The monoisotopic (exact) mass is 156 g/mol. The Kier molecular flexibility index (Phi) is 1.17. The van der Waals surface area contributed by atoms with Gasteiger partial charge in [0.05, 0.1) is 11.3 Å². The molecule has 54 valence electrons. The van der Waals surface area contributed by atoms with Crippen LogP contribution in [0.25, 0.3) is 0 Å². The molecule has 0 aliphatic carbocycles. The second kappa shape index (κ2) is 1.92. The van der Waals surface area contributed by atoms with Crippen LogP contribution in [0.4, 0.5) is 0 Å². The quantitative estimate of drug-likeness (QED) is 0.592. The zero-order chi connectivity index (χ0) is 7.14. The zero-order valence-corrected chi connectivity index (χ0v) is 6.49. The SMILES string of the molecule is Cn1[nH]c(=O)c2c1CSC2. The molecule has 0 fully saturated rings. The molecule has 10 heavy (non-hydrogen) atoms. The molecule has 1 aliphatic rings. The number of nitrogens with one attached hydrogen (secondary N) is 1. The molecule has 0 saturated carbocycles. The summed E-state index contributed by atoms with van der Waals surface area (Å²) in [6.45, 7) is 0. The molecule has 1 aliphatic heterocycles. The van der Waals surface area contributed by atoms with E-state index < -0.39 is 0 Å². The molecule has 2 heterocycles. The van der Waals surface area contributed by atoms with E-state index >= 15 is 0 Å². The molecule has 0 bridgehead atoms. The van der Waals surface area contributed by atoms with E-state index in [1.165, 1.54) is 0 Å². The average molecular weight is 156 g/mol. The van der Waals surface area contributed by atoms with Crippen LogP contribution in [0.5, 0.6) is 0 Å². The van der Waals surface area contributed by atoms with Crippen LogP contribution < -0.4 is 5.56 Å². The predicted octanol–water partition coefficient (Wildman–Crippen LogP) is 0.460. The number of H-pyrrole nitrogens is 1. The maximum atomic E-state index is 11.0. The fraction of sp³-hybridized carbons (Fsp3) is 0.500. The van der Waals surface area contributed by atoms with E-state index in [-0.39, 0.29) is 5.56 Å². The minimum atomic E-state index is 0.0856. The van der Waals surface area contributed by atoms with Crippen LogP contribution in [0, 0.1) is 0 Å². The molecule has 0 aromatic carbocycles. The van der Waals surface area contributed by atoms with Crippen LogP contribution in [0.2, 0.25) is 0 Å². The van der Waals surface area contributed by atoms with Crippen LogP contribution in [-0.2, 0) is 18.6 Å². The van der Waals surface area contributed by atoms with Gasteiger partial charge in [-0.25, -0.2) is 0 Å². The summed E-state index contributed by atoms with van der Waals surface area (Å²) in [5, 5.41) is 2.73. The Balaban J connectivity index is 2.73. The standard InChI is InChI=1S/C6H8N2OS/c1-8-5-3-10-2-4(5)6(9)7-8/h2-3H2,1H3,(H,7,9). The van der Waals surface area contributed by atoms with Gasteiger partial charge in [-0.05, 0) is 0 Å². The molecule has 1 aromatic rings. The molecule has 0 amide bonds. The molecule has 0 atom stereocenters. The Morgan fingerprint density at radius 3 is 3.10 bits per heavy atom. The van der Waals surface area contributed by atoms with E-state index in [9.17, 15) is 4.79 Å². The van der Waals surface area contributed by atoms with Gasteiger partial charge in [0.15, 0.2) is 0 Å². The van der Waals surface area contributed by atoms with Gasteiger partial charge < -0.3 is 0 Å². The van der Waals surface area contributed by atoms with Gasteiger partial charge in [0.2, 0.25) is 0 Å². The normalized spacial score (nSPS) is 15.7. The number of aromatic amines is 1. The Hall–Kier alpha value is -0.640. The van der Waals surface area contributed by atoms with Crippen molar-refractivity contribution in [3.05, 3.63) is 21.6 Å². The summed E-state index contributed by atoms with van der Waals surface area (Å²) in [7, 11) is 1.88. The van der Waals surface area contributed by atoms with Crippen LogP contribution in [0.3, 0.4) is 0 Å². The number of rotatable bonds is 0. The molecular weight excluding hydrogens is 148 g/mol. The summed E-state index contributed by atoms with van der Waals surface area (Å²) >= 11 is 1.80. The second-order valence-electron chi connectivity index (χ2n) is 2.42. The summed E-state index contributed by atoms with van der Waals surface area (Å²) in [6.07, 6.45) is 0. The number of fused-ring (bicyclic) bond motifs is 1. The summed E-state index contributed by atoms with van der Waals surface area (Å²) in [5.74, 6) is 1.86. The van der Waals surface area contributed by atoms with Gasteiger partial charge in [0, 0.05) is 18.6 Å². The first-order chi connectivity index (χ1) is 4.79. The predicted molar refractivity (Wildman–Crippen MR) is 41.0 cm³/mol. The highest BCUT2D eigenvalue weighted by Crippen LogP contribution is 2.25. The minimum Gasteiger partial charge on any atom is -0.291 e. The van der Waals surface area contributed by atoms with E-state index in [0.717, 1.165) is 22.8 Å². The van der Waals surface area contributed by atoms with Gasteiger partial charge in [-0.3, -0.25) is 14.6 Å². The van der Waals surface area contributed by atoms with Crippen molar-refractivity contribution in [1.29, 1.82) is 0 Å². The molecule has 2 rings (SSSR count). The van der Waals surface area contributed by atoms with Crippen molar-refractivity contribution >= 4 is 11.8 Å². The van der Waals surface area contributed by atoms with Crippen molar-refractivity contribution in [2.75, 3.05) is 0 Å². The Labute approximate surface area is 62.4 Å². The van der Waals surface area contributed by atoms with Crippen molar-refractivity contribution in [3.63, 3.8) is 0 Å². The molecule has 0 unspecified atom stereocenters. The largest absolute Gasteiger partial charge is 0.291 e. The minimum absolute atomic E-state index is 0.0856. The van der Waals surface area contributed by atoms with Gasteiger partial charge in [-0.15, -0.1) is 0 Å². The maximum absolute atomic E-state index is 11.0. The second-order valence-corrected chi connectivity index (χ2v) is 3.40.